The Hall–Kier alpha value is -2.40. The number of carbonyl (C=O) groups excluding carboxylic acids is 1. The number of hydrogen-bond donors (Lipinski definition) is 2. The number of rotatable bonds is 5. The van der Waals surface area contributed by atoms with Crippen LogP contribution >= 0.6 is 34.5 Å². The Balaban J connectivity index is 1.33. The Morgan fingerprint density at radius 3 is 2.67 bits per heavy atom. The quantitative estimate of drug-likeness (QED) is 0.469. The van der Waals surface area contributed by atoms with E-state index in [0.29, 0.717) is 32.9 Å². The van der Waals surface area contributed by atoms with Crippen molar-refractivity contribution in [3.63, 3.8) is 0 Å². The molecule has 1 aliphatic heterocycles. The summed E-state index contributed by atoms with van der Waals surface area (Å²) in [6.45, 7) is 3.81. The van der Waals surface area contributed by atoms with Gasteiger partial charge in [-0.2, -0.15) is 0 Å². The van der Waals surface area contributed by atoms with Crippen molar-refractivity contribution in [2.24, 2.45) is 17.8 Å². The molecule has 0 radical (unpaired) electrons. The van der Waals surface area contributed by atoms with Crippen molar-refractivity contribution in [3.8, 4) is 10.7 Å². The van der Waals surface area contributed by atoms with E-state index in [0.717, 1.165) is 42.6 Å². The van der Waals surface area contributed by atoms with Crippen LogP contribution < -0.4 is 10.2 Å². The van der Waals surface area contributed by atoms with Crippen LogP contribution in [-0.2, 0) is 4.79 Å². The first kappa shape index (κ1) is 24.0. The number of halogens is 2. The Morgan fingerprint density at radius 2 is 1.92 bits per heavy atom. The fraction of sp³-hybridized carbons (Fsp3) is 0.500. The van der Waals surface area contributed by atoms with Gasteiger partial charge in [-0.15, -0.1) is 0 Å². The Kier molecular flexibility index (Phi) is 6.10. The minimum Gasteiger partial charge on any atom is -0.378 e. The highest BCUT2D eigenvalue weighted by atomic mass is 35.5. The molecule has 0 spiro atoms. The summed E-state index contributed by atoms with van der Waals surface area (Å²) in [6, 6.07) is -0.0550. The van der Waals surface area contributed by atoms with Gasteiger partial charge < -0.3 is 25.0 Å². The van der Waals surface area contributed by atoms with Gasteiger partial charge in [-0.3, -0.25) is 4.79 Å². The first-order valence-corrected chi connectivity index (χ1v) is 13.7. The number of nitrogens with zero attached hydrogens (tertiary/aromatic N) is 6. The van der Waals surface area contributed by atoms with Gasteiger partial charge in [0, 0.05) is 46.3 Å². The van der Waals surface area contributed by atoms with E-state index in [1.54, 1.807) is 11.1 Å². The van der Waals surface area contributed by atoms with Crippen LogP contribution in [0.2, 0.25) is 10.2 Å². The maximum Gasteiger partial charge on any atom is 0.227 e. The van der Waals surface area contributed by atoms with Gasteiger partial charge in [0.1, 0.15) is 10.4 Å². The van der Waals surface area contributed by atoms with Crippen molar-refractivity contribution < 1.29 is 4.79 Å². The van der Waals surface area contributed by atoms with E-state index in [1.807, 2.05) is 14.1 Å². The summed E-state index contributed by atoms with van der Waals surface area (Å²) in [5, 5.41) is 5.41. The Bertz CT molecular complexity index is 1350. The van der Waals surface area contributed by atoms with Crippen LogP contribution in [0.15, 0.2) is 18.3 Å². The fourth-order valence-electron chi connectivity index (χ4n) is 5.57. The van der Waals surface area contributed by atoms with Gasteiger partial charge in [-0.05, 0) is 25.3 Å². The molecule has 4 heterocycles. The molecule has 190 valence electrons. The molecule has 12 heteroatoms. The number of piperazine rings is 1. The summed E-state index contributed by atoms with van der Waals surface area (Å²) in [6.07, 6.45) is 6.96. The lowest BCUT2D eigenvalue weighted by molar-refractivity contribution is -0.133. The topological polar surface area (TPSA) is 93.3 Å². The van der Waals surface area contributed by atoms with Crippen LogP contribution in [0.3, 0.4) is 0 Å². The molecule has 3 aromatic heterocycles. The monoisotopic (exact) mass is 546 g/mol. The van der Waals surface area contributed by atoms with Crippen LogP contribution in [0, 0.1) is 17.8 Å². The number of aromatic amines is 1. The third-order valence-corrected chi connectivity index (χ3v) is 9.33. The molecule has 1 saturated heterocycles. The van der Waals surface area contributed by atoms with E-state index in [-0.39, 0.29) is 29.7 Å². The van der Waals surface area contributed by atoms with Crippen LogP contribution in [0.25, 0.3) is 21.9 Å². The van der Waals surface area contributed by atoms with E-state index < -0.39 is 0 Å². The van der Waals surface area contributed by atoms with Crippen molar-refractivity contribution in [2.75, 3.05) is 57.5 Å². The average molecular weight is 548 g/mol. The summed E-state index contributed by atoms with van der Waals surface area (Å²) >= 11 is 14.8. The standard InChI is InChI=1S/C24H28Cl2N8OS/c1-32(2)23(35)15-12-4-5-13(10-12)16(15)28-17-14(25)11-27-21-18(17)29-22(31-21)19-20(26)30-24(36-19)34-8-6-33(3)7-9-34/h4-5,11-13,15-16H,6-10H2,1-3H3,(H2,27,28,29,31)/t12-,13+,15+,16-/m1/s1. The van der Waals surface area contributed by atoms with Gasteiger partial charge in [-0.1, -0.05) is 46.7 Å². The van der Waals surface area contributed by atoms with Gasteiger partial charge in [0.2, 0.25) is 5.91 Å². The van der Waals surface area contributed by atoms with Crippen molar-refractivity contribution >= 4 is 62.4 Å². The van der Waals surface area contributed by atoms with Crippen LogP contribution in [-0.4, -0.2) is 89.0 Å². The molecule has 0 aromatic carbocycles. The van der Waals surface area contributed by atoms with Crippen molar-refractivity contribution in [1.29, 1.82) is 0 Å². The molecule has 9 nitrogen and oxygen atoms in total. The minimum absolute atomic E-state index is 0.0550. The summed E-state index contributed by atoms with van der Waals surface area (Å²) in [4.78, 5) is 37.2. The summed E-state index contributed by atoms with van der Waals surface area (Å²) in [7, 11) is 5.74. The second-order valence-corrected chi connectivity index (χ2v) is 11.8. The predicted molar refractivity (Wildman–Crippen MR) is 145 cm³/mol. The second-order valence-electron chi connectivity index (χ2n) is 10.0. The smallest absolute Gasteiger partial charge is 0.227 e. The highest BCUT2D eigenvalue weighted by Crippen LogP contribution is 2.47. The molecule has 1 amide bonds. The molecule has 2 aliphatic carbocycles. The fourth-order valence-corrected chi connectivity index (χ4v) is 7.06. The number of thiazole rings is 1. The molecule has 2 bridgehead atoms. The number of imidazole rings is 1. The van der Waals surface area contributed by atoms with E-state index in [1.165, 1.54) is 11.3 Å². The van der Waals surface area contributed by atoms with Crippen molar-refractivity contribution in [2.45, 2.75) is 12.5 Å². The number of H-pyrrole nitrogens is 1. The molecule has 3 aliphatic rings. The summed E-state index contributed by atoms with van der Waals surface area (Å²) < 4.78 is 0. The number of hydrogen-bond acceptors (Lipinski definition) is 8. The van der Waals surface area contributed by atoms with E-state index in [9.17, 15) is 4.79 Å². The van der Waals surface area contributed by atoms with Gasteiger partial charge in [0.15, 0.2) is 21.8 Å². The predicted octanol–water partition coefficient (Wildman–Crippen LogP) is 3.83. The molecule has 3 aromatic rings. The van der Waals surface area contributed by atoms with E-state index >= 15 is 0 Å². The van der Waals surface area contributed by atoms with Crippen LogP contribution in [0.1, 0.15) is 6.42 Å². The molecular formula is C24H28Cl2N8OS. The number of aromatic nitrogens is 4. The highest BCUT2D eigenvalue weighted by Gasteiger charge is 2.49. The SMILES string of the molecule is CN1CCN(c2nc(Cl)c(-c3nc4ncc(Cl)c(N[C@H]5[C@@H](C(=O)N(C)C)[C@@H]6C=C[C@H]5C6)c4[nH]3)s2)CC1. The van der Waals surface area contributed by atoms with Gasteiger partial charge in [0.05, 0.1) is 22.8 Å². The zero-order chi connectivity index (χ0) is 25.1. The first-order valence-electron chi connectivity index (χ1n) is 12.1. The molecule has 0 unspecified atom stereocenters. The van der Waals surface area contributed by atoms with Crippen molar-refractivity contribution in [1.82, 2.24) is 29.7 Å². The molecule has 4 atom stereocenters. The molecule has 2 N–H and O–H groups in total. The van der Waals surface area contributed by atoms with Gasteiger partial charge in [-0.25, -0.2) is 15.0 Å². The average Bonchev–Trinajstić information content (AvgIpc) is 3.63. The molecule has 36 heavy (non-hydrogen) atoms. The normalized spacial score (nSPS) is 25.8. The number of fused-ring (bicyclic) bond motifs is 3. The number of anilines is 2. The first-order chi connectivity index (χ1) is 17.3. The number of allylic oxidation sites excluding steroid dienone is 1. The second kappa shape index (κ2) is 9.16. The van der Waals surface area contributed by atoms with Crippen LogP contribution in [0.4, 0.5) is 10.8 Å². The highest BCUT2D eigenvalue weighted by molar-refractivity contribution is 7.19. The number of pyridine rings is 1. The lowest BCUT2D eigenvalue weighted by Gasteiger charge is -2.31. The lowest BCUT2D eigenvalue weighted by Crippen LogP contribution is -2.44. The summed E-state index contributed by atoms with van der Waals surface area (Å²) in [5.41, 5.74) is 1.95. The van der Waals surface area contributed by atoms with Gasteiger partial charge >= 0.3 is 0 Å². The third kappa shape index (κ3) is 4.04. The Morgan fingerprint density at radius 1 is 1.17 bits per heavy atom. The maximum atomic E-state index is 13.0. The molecule has 2 fully saturated rings. The maximum absolute atomic E-state index is 13.0. The van der Waals surface area contributed by atoms with E-state index in [4.69, 9.17) is 28.2 Å². The largest absolute Gasteiger partial charge is 0.378 e. The van der Waals surface area contributed by atoms with Crippen molar-refractivity contribution in [3.05, 3.63) is 28.5 Å². The summed E-state index contributed by atoms with van der Waals surface area (Å²) in [5.74, 6) is 1.11. The zero-order valence-electron chi connectivity index (χ0n) is 20.3. The number of nitrogens with one attached hydrogen (secondary N) is 2. The van der Waals surface area contributed by atoms with Crippen LogP contribution in [0.5, 0.6) is 0 Å². The minimum atomic E-state index is -0.140. The van der Waals surface area contributed by atoms with Gasteiger partial charge in [0.25, 0.3) is 0 Å². The molecular weight excluding hydrogens is 519 g/mol. The molecule has 1 saturated carbocycles. The molecule has 6 rings (SSSR count). The lowest BCUT2D eigenvalue weighted by atomic mass is 9.87. The zero-order valence-corrected chi connectivity index (χ0v) is 22.7. The number of carbonyl (C=O) groups is 1. The third-order valence-electron chi connectivity index (χ3n) is 7.53. The Labute approximate surface area is 223 Å². The number of amides is 1. The van der Waals surface area contributed by atoms with E-state index in [2.05, 4.69) is 49.3 Å². The number of likely N-dealkylation sites (N-methyl/N-ethyl adjacent to an activating group) is 1.